The van der Waals surface area contributed by atoms with Crippen molar-refractivity contribution in [2.75, 3.05) is 20.1 Å². The summed E-state index contributed by atoms with van der Waals surface area (Å²) < 4.78 is 1.90. The molecule has 0 atom stereocenters. The molecule has 0 bridgehead atoms. The summed E-state index contributed by atoms with van der Waals surface area (Å²) in [5.74, 6) is 0.250. The van der Waals surface area contributed by atoms with Crippen molar-refractivity contribution in [1.82, 2.24) is 20.0 Å². The first-order valence-electron chi connectivity index (χ1n) is 8.22. The van der Waals surface area contributed by atoms with Gasteiger partial charge in [-0.2, -0.15) is 5.10 Å². The summed E-state index contributed by atoms with van der Waals surface area (Å²) in [7, 11) is 1.99. The number of likely N-dealkylation sites (N-methyl/N-ethyl adjacent to an activating group) is 1. The summed E-state index contributed by atoms with van der Waals surface area (Å²) >= 11 is 0. The van der Waals surface area contributed by atoms with E-state index in [4.69, 9.17) is 0 Å². The van der Waals surface area contributed by atoms with Crippen molar-refractivity contribution in [2.24, 2.45) is 0 Å². The number of amides is 1. The molecule has 1 aromatic heterocycles. The van der Waals surface area contributed by atoms with Crippen LogP contribution in [0.4, 0.5) is 0 Å². The molecular weight excluding hydrogens is 264 g/mol. The molecule has 1 aromatic rings. The molecule has 0 spiro atoms. The van der Waals surface area contributed by atoms with Gasteiger partial charge in [0, 0.05) is 25.5 Å². The first kappa shape index (κ1) is 14.6. The van der Waals surface area contributed by atoms with Crippen LogP contribution in [0.5, 0.6) is 0 Å². The fraction of sp³-hybridized carbons (Fsp3) is 0.750. The Hall–Kier alpha value is -1.36. The van der Waals surface area contributed by atoms with Crippen LogP contribution in [0, 0.1) is 0 Å². The summed E-state index contributed by atoms with van der Waals surface area (Å²) in [5.41, 5.74) is -0.485. The second kappa shape index (κ2) is 6.18. The van der Waals surface area contributed by atoms with E-state index in [1.807, 2.05) is 28.9 Å². The number of nitrogens with one attached hydrogen (secondary N) is 1. The highest BCUT2D eigenvalue weighted by Crippen LogP contribution is 2.32. The summed E-state index contributed by atoms with van der Waals surface area (Å²) in [6.07, 6.45) is 11.5. The van der Waals surface area contributed by atoms with Crippen LogP contribution in [0.3, 0.4) is 0 Å². The number of hydrogen-bond acceptors (Lipinski definition) is 3. The lowest BCUT2D eigenvalue weighted by atomic mass is 9.85. The van der Waals surface area contributed by atoms with Crippen molar-refractivity contribution in [3.05, 3.63) is 18.5 Å². The molecule has 2 aliphatic rings. The smallest absolute Gasteiger partial charge is 0.250 e. The largest absolute Gasteiger partial charge is 0.341 e. The number of nitrogens with zero attached hydrogens (tertiary/aromatic N) is 3. The van der Waals surface area contributed by atoms with E-state index >= 15 is 0 Å². The lowest BCUT2D eigenvalue weighted by Gasteiger charge is -2.42. The second-order valence-corrected chi connectivity index (χ2v) is 6.44. The minimum absolute atomic E-state index is 0.250. The van der Waals surface area contributed by atoms with Gasteiger partial charge in [0.05, 0.1) is 0 Å². The number of carbonyl (C=O) groups is 1. The minimum atomic E-state index is -0.485. The molecule has 3 rings (SSSR count). The maximum atomic E-state index is 13.3. The summed E-state index contributed by atoms with van der Waals surface area (Å²) in [5, 5.41) is 7.77. The normalized spacial score (nSPS) is 22.9. The maximum Gasteiger partial charge on any atom is 0.250 e. The molecule has 116 valence electrons. The van der Waals surface area contributed by atoms with Crippen LogP contribution in [0.15, 0.2) is 18.5 Å². The van der Waals surface area contributed by atoms with Gasteiger partial charge in [-0.15, -0.1) is 0 Å². The third-order valence-electron chi connectivity index (χ3n) is 5.21. The van der Waals surface area contributed by atoms with Crippen LogP contribution >= 0.6 is 0 Å². The molecule has 0 unspecified atom stereocenters. The molecule has 2 fully saturated rings. The lowest BCUT2D eigenvalue weighted by molar-refractivity contribution is -0.144. The zero-order valence-electron chi connectivity index (χ0n) is 12.9. The average molecular weight is 290 g/mol. The molecule has 1 amide bonds. The Labute approximate surface area is 126 Å². The standard InChI is InChI=1S/C16H26N4O/c1-19(14-6-3-2-4-7-14)15(21)16(8-11-17-12-9-16)20-13-5-10-18-20/h5,10,13-14,17H,2-4,6-9,11-12H2,1H3. The van der Waals surface area contributed by atoms with Crippen molar-refractivity contribution < 1.29 is 4.79 Å². The highest BCUT2D eigenvalue weighted by molar-refractivity contribution is 5.84. The van der Waals surface area contributed by atoms with Crippen LogP contribution in [0.1, 0.15) is 44.9 Å². The SMILES string of the molecule is CN(C(=O)C1(n2cccn2)CCNCC1)C1CCCCC1. The van der Waals surface area contributed by atoms with Crippen LogP contribution in [-0.2, 0) is 10.3 Å². The Balaban J connectivity index is 1.83. The second-order valence-electron chi connectivity index (χ2n) is 6.44. The molecule has 1 saturated heterocycles. The molecule has 0 aromatic carbocycles. The highest BCUT2D eigenvalue weighted by Gasteiger charge is 2.44. The predicted octanol–water partition coefficient (Wildman–Crippen LogP) is 1.75. The first-order chi connectivity index (χ1) is 10.2. The van der Waals surface area contributed by atoms with E-state index in [-0.39, 0.29) is 5.91 Å². The number of piperidine rings is 1. The van der Waals surface area contributed by atoms with Gasteiger partial charge in [-0.3, -0.25) is 9.48 Å². The third kappa shape index (κ3) is 2.71. The van der Waals surface area contributed by atoms with Gasteiger partial charge < -0.3 is 10.2 Å². The van der Waals surface area contributed by atoms with Crippen molar-refractivity contribution in [3.63, 3.8) is 0 Å². The van der Waals surface area contributed by atoms with E-state index < -0.39 is 5.54 Å². The Morgan fingerprint density at radius 1 is 1.29 bits per heavy atom. The quantitative estimate of drug-likeness (QED) is 0.923. The molecule has 0 radical (unpaired) electrons. The molecular formula is C16H26N4O. The fourth-order valence-corrected chi connectivity index (χ4v) is 3.87. The van der Waals surface area contributed by atoms with Gasteiger partial charge in [0.25, 0.3) is 5.91 Å². The van der Waals surface area contributed by atoms with Gasteiger partial charge in [0.1, 0.15) is 5.54 Å². The Morgan fingerprint density at radius 3 is 2.62 bits per heavy atom. The van der Waals surface area contributed by atoms with Crippen molar-refractivity contribution in [3.8, 4) is 0 Å². The van der Waals surface area contributed by atoms with Crippen molar-refractivity contribution >= 4 is 5.91 Å². The van der Waals surface area contributed by atoms with Gasteiger partial charge in [-0.05, 0) is 44.8 Å². The minimum Gasteiger partial charge on any atom is -0.341 e. The molecule has 21 heavy (non-hydrogen) atoms. The number of hydrogen-bond donors (Lipinski definition) is 1. The monoisotopic (exact) mass is 290 g/mol. The fourth-order valence-electron chi connectivity index (χ4n) is 3.87. The number of aromatic nitrogens is 2. The van der Waals surface area contributed by atoms with Gasteiger partial charge in [-0.25, -0.2) is 0 Å². The molecule has 1 aliphatic heterocycles. The summed E-state index contributed by atoms with van der Waals surface area (Å²) in [6.45, 7) is 1.76. The van der Waals surface area contributed by atoms with E-state index in [0.717, 1.165) is 38.8 Å². The van der Waals surface area contributed by atoms with Gasteiger partial charge in [0.2, 0.25) is 0 Å². The van der Waals surface area contributed by atoms with Gasteiger partial charge in [0.15, 0.2) is 0 Å². The van der Waals surface area contributed by atoms with E-state index in [2.05, 4.69) is 10.4 Å². The molecule has 5 nitrogen and oxygen atoms in total. The van der Waals surface area contributed by atoms with Gasteiger partial charge in [-0.1, -0.05) is 19.3 Å². The topological polar surface area (TPSA) is 50.2 Å². The average Bonchev–Trinajstić information content (AvgIpc) is 3.10. The van der Waals surface area contributed by atoms with Crippen molar-refractivity contribution in [2.45, 2.75) is 56.5 Å². The van der Waals surface area contributed by atoms with Gasteiger partial charge >= 0.3 is 0 Å². The Bertz CT molecular complexity index is 459. The van der Waals surface area contributed by atoms with Crippen LogP contribution in [0.2, 0.25) is 0 Å². The first-order valence-corrected chi connectivity index (χ1v) is 8.22. The highest BCUT2D eigenvalue weighted by atomic mass is 16.2. The predicted molar refractivity (Wildman–Crippen MR) is 81.9 cm³/mol. The third-order valence-corrected chi connectivity index (χ3v) is 5.21. The molecule has 1 saturated carbocycles. The zero-order chi connectivity index (χ0) is 14.7. The zero-order valence-corrected chi connectivity index (χ0v) is 12.9. The summed E-state index contributed by atoms with van der Waals surface area (Å²) in [4.78, 5) is 15.3. The van der Waals surface area contributed by atoms with E-state index in [9.17, 15) is 4.79 Å². The van der Waals surface area contributed by atoms with Crippen molar-refractivity contribution in [1.29, 1.82) is 0 Å². The molecule has 1 aliphatic carbocycles. The van der Waals surface area contributed by atoms with E-state index in [1.165, 1.54) is 19.3 Å². The van der Waals surface area contributed by atoms with E-state index in [0.29, 0.717) is 6.04 Å². The number of carbonyl (C=O) groups excluding carboxylic acids is 1. The molecule has 1 N–H and O–H groups in total. The van der Waals surface area contributed by atoms with Crippen LogP contribution in [0.25, 0.3) is 0 Å². The summed E-state index contributed by atoms with van der Waals surface area (Å²) in [6, 6.07) is 2.33. The lowest BCUT2D eigenvalue weighted by Crippen LogP contribution is -2.57. The molecule has 5 heteroatoms. The Morgan fingerprint density at radius 2 is 2.00 bits per heavy atom. The van der Waals surface area contributed by atoms with E-state index in [1.54, 1.807) is 6.20 Å². The molecule has 2 heterocycles. The van der Waals surface area contributed by atoms with Crippen LogP contribution < -0.4 is 5.32 Å². The maximum absolute atomic E-state index is 13.3. The number of rotatable bonds is 3. The van der Waals surface area contributed by atoms with Crippen LogP contribution in [-0.4, -0.2) is 46.8 Å². The Kier molecular flexibility index (Phi) is 4.29.